The summed E-state index contributed by atoms with van der Waals surface area (Å²) in [6.07, 6.45) is -0.304. The van der Waals surface area contributed by atoms with Crippen LogP contribution in [0.15, 0.2) is 18.2 Å². The number of hydrogen-bond donors (Lipinski definition) is 0. The van der Waals surface area contributed by atoms with Crippen LogP contribution in [-0.2, 0) is 15.0 Å². The van der Waals surface area contributed by atoms with E-state index in [-0.39, 0.29) is 50.5 Å². The Hall–Kier alpha value is -1.95. The van der Waals surface area contributed by atoms with E-state index in [0.29, 0.717) is 32.2 Å². The van der Waals surface area contributed by atoms with Crippen LogP contribution in [0.1, 0.15) is 23.2 Å². The number of carbonyl (C=O) groups is 2. The van der Waals surface area contributed by atoms with E-state index >= 15 is 0 Å². The van der Waals surface area contributed by atoms with Crippen molar-refractivity contribution in [1.29, 1.82) is 0 Å². The molecule has 0 bridgehead atoms. The third kappa shape index (κ3) is 5.20. The third-order valence-electron chi connectivity index (χ3n) is 5.50. The molecule has 0 radical (unpaired) electrons. The molecule has 3 rings (SSSR count). The number of halogens is 2. The molecule has 1 aromatic carbocycles. The van der Waals surface area contributed by atoms with Gasteiger partial charge in [-0.2, -0.15) is 17.0 Å². The molecule has 2 saturated heterocycles. The van der Waals surface area contributed by atoms with E-state index in [2.05, 4.69) is 4.90 Å². The Bertz CT molecular complexity index is 896. The summed E-state index contributed by atoms with van der Waals surface area (Å²) in [7, 11) is -1.60. The summed E-state index contributed by atoms with van der Waals surface area (Å²) in [4.78, 5) is 28.1. The number of likely N-dealkylation sites (N-methyl/N-ethyl adjacent to an activating group) is 1. The molecule has 2 fully saturated rings. The van der Waals surface area contributed by atoms with Crippen molar-refractivity contribution in [3.05, 3.63) is 35.4 Å². The summed E-state index contributed by atoms with van der Waals surface area (Å²) >= 11 is 0. The Labute approximate surface area is 175 Å². The highest BCUT2D eigenvalue weighted by molar-refractivity contribution is 7.86. The van der Waals surface area contributed by atoms with Crippen molar-refractivity contribution in [2.45, 2.75) is 12.8 Å². The highest BCUT2D eigenvalue weighted by atomic mass is 32.2. The van der Waals surface area contributed by atoms with Gasteiger partial charge in [0.2, 0.25) is 5.91 Å². The molecular weight excluding hydrogens is 418 g/mol. The molecule has 30 heavy (non-hydrogen) atoms. The predicted octanol–water partition coefficient (Wildman–Crippen LogP) is 0.564. The first kappa shape index (κ1) is 22.7. The van der Waals surface area contributed by atoms with Crippen LogP contribution < -0.4 is 0 Å². The van der Waals surface area contributed by atoms with Gasteiger partial charge in [-0.25, -0.2) is 8.78 Å². The molecule has 0 unspecified atom stereocenters. The monoisotopic (exact) mass is 444 g/mol. The summed E-state index contributed by atoms with van der Waals surface area (Å²) < 4.78 is 55.1. The first-order valence-corrected chi connectivity index (χ1v) is 11.3. The second-order valence-corrected chi connectivity index (χ2v) is 9.47. The quantitative estimate of drug-likeness (QED) is 0.599. The summed E-state index contributed by atoms with van der Waals surface area (Å²) in [6, 6.07) is 2.70. The van der Waals surface area contributed by atoms with Gasteiger partial charge >= 0.3 is 0 Å². The van der Waals surface area contributed by atoms with Gasteiger partial charge in [-0.3, -0.25) is 9.59 Å². The molecule has 166 valence electrons. The maximum Gasteiger partial charge on any atom is 0.282 e. The minimum Gasteiger partial charge on any atom is -0.340 e. The number of hydrogen-bond acceptors (Lipinski definition) is 5. The largest absolute Gasteiger partial charge is 0.340 e. The average molecular weight is 445 g/mol. The van der Waals surface area contributed by atoms with Gasteiger partial charge in [-0.15, -0.1) is 0 Å². The van der Waals surface area contributed by atoms with Gasteiger partial charge in [0.1, 0.15) is 11.6 Å². The van der Waals surface area contributed by atoms with Crippen molar-refractivity contribution in [2.75, 3.05) is 59.4 Å². The molecule has 0 aliphatic carbocycles. The fourth-order valence-corrected chi connectivity index (χ4v) is 5.16. The number of nitrogens with zero attached hydrogens (tertiary/aromatic N) is 4. The van der Waals surface area contributed by atoms with Crippen LogP contribution in [0.2, 0.25) is 0 Å². The second kappa shape index (κ2) is 9.46. The van der Waals surface area contributed by atoms with Crippen molar-refractivity contribution >= 4 is 21.9 Å². The van der Waals surface area contributed by atoms with Gasteiger partial charge in [-0.1, -0.05) is 0 Å². The smallest absolute Gasteiger partial charge is 0.282 e. The van der Waals surface area contributed by atoms with Crippen LogP contribution in [0.25, 0.3) is 0 Å². The zero-order chi connectivity index (χ0) is 21.9. The Kier molecular flexibility index (Phi) is 7.17. The molecule has 0 spiro atoms. The molecule has 0 saturated carbocycles. The summed E-state index contributed by atoms with van der Waals surface area (Å²) in [5, 5.41) is 0. The van der Waals surface area contributed by atoms with Gasteiger partial charge < -0.3 is 9.80 Å². The fourth-order valence-electron chi connectivity index (χ4n) is 3.58. The van der Waals surface area contributed by atoms with Crippen LogP contribution in [-0.4, -0.2) is 97.9 Å². The van der Waals surface area contributed by atoms with Gasteiger partial charge in [0.15, 0.2) is 5.78 Å². The minimum absolute atomic E-state index is 0.110. The van der Waals surface area contributed by atoms with Crippen LogP contribution >= 0.6 is 0 Å². The van der Waals surface area contributed by atoms with Crippen LogP contribution in [0.5, 0.6) is 0 Å². The van der Waals surface area contributed by atoms with Crippen LogP contribution in [0.3, 0.4) is 0 Å². The number of Topliss-reactive ketones (excluding diaryl/α,β-unsaturated/α-hetero) is 1. The maximum atomic E-state index is 13.7. The van der Waals surface area contributed by atoms with Crippen molar-refractivity contribution in [1.82, 2.24) is 18.4 Å². The van der Waals surface area contributed by atoms with Gasteiger partial charge in [0, 0.05) is 71.3 Å². The zero-order valence-electron chi connectivity index (χ0n) is 16.9. The van der Waals surface area contributed by atoms with Crippen molar-refractivity contribution in [2.24, 2.45) is 0 Å². The van der Waals surface area contributed by atoms with Gasteiger partial charge in [0.05, 0.1) is 5.56 Å². The lowest BCUT2D eigenvalue weighted by Gasteiger charge is -2.39. The number of rotatable bonds is 6. The van der Waals surface area contributed by atoms with E-state index < -0.39 is 27.6 Å². The summed E-state index contributed by atoms with van der Waals surface area (Å²) in [5.41, 5.74) is -0.243. The summed E-state index contributed by atoms with van der Waals surface area (Å²) in [6.45, 7) is 3.12. The molecule has 0 N–H and O–H groups in total. The average Bonchev–Trinajstić information content (AvgIpc) is 2.72. The number of amides is 1. The SMILES string of the molecule is CN1CCN(S(=O)(=O)N2CCN(C(=O)CCC(=O)c3ccc(F)cc3F)CC2)CC1. The molecule has 11 heteroatoms. The van der Waals surface area contributed by atoms with E-state index in [4.69, 9.17) is 0 Å². The topological polar surface area (TPSA) is 81.2 Å². The van der Waals surface area contributed by atoms with Crippen molar-refractivity contribution < 1.29 is 26.8 Å². The number of ketones is 1. The van der Waals surface area contributed by atoms with Crippen LogP contribution in [0.4, 0.5) is 8.78 Å². The summed E-state index contributed by atoms with van der Waals surface area (Å²) in [5.74, 6) is -2.58. The number of piperazine rings is 2. The molecule has 0 aromatic heterocycles. The number of benzene rings is 1. The Morgan fingerprint density at radius 1 is 0.900 bits per heavy atom. The first-order chi connectivity index (χ1) is 14.2. The molecule has 2 aliphatic rings. The van der Waals surface area contributed by atoms with E-state index in [1.165, 1.54) is 13.5 Å². The van der Waals surface area contributed by atoms with Gasteiger partial charge in [0.25, 0.3) is 10.2 Å². The van der Waals surface area contributed by atoms with E-state index in [1.54, 1.807) is 0 Å². The maximum absolute atomic E-state index is 13.7. The molecule has 0 atom stereocenters. The molecular formula is C19H26F2N4O4S. The van der Waals surface area contributed by atoms with E-state index in [0.717, 1.165) is 12.1 Å². The zero-order valence-corrected chi connectivity index (χ0v) is 17.7. The normalized spacial score (nSPS) is 19.8. The minimum atomic E-state index is -3.55. The fraction of sp³-hybridized carbons (Fsp3) is 0.579. The standard InChI is InChI=1S/C19H26F2N4O4S/c1-22-6-10-24(11-7-22)30(28,29)25-12-8-23(9-13-25)19(27)5-4-18(26)16-3-2-15(20)14-17(16)21/h2-3,14H,4-13H2,1H3. The van der Waals surface area contributed by atoms with E-state index in [9.17, 15) is 26.8 Å². The number of carbonyl (C=O) groups excluding carboxylic acids is 2. The van der Waals surface area contributed by atoms with Crippen molar-refractivity contribution in [3.8, 4) is 0 Å². The van der Waals surface area contributed by atoms with Crippen molar-refractivity contribution in [3.63, 3.8) is 0 Å². The lowest BCUT2D eigenvalue weighted by molar-refractivity contribution is -0.132. The lowest BCUT2D eigenvalue weighted by Crippen LogP contribution is -2.57. The Balaban J connectivity index is 1.48. The lowest BCUT2D eigenvalue weighted by atomic mass is 10.1. The molecule has 2 heterocycles. The second-order valence-electron chi connectivity index (χ2n) is 7.54. The highest BCUT2D eigenvalue weighted by Gasteiger charge is 2.34. The Morgan fingerprint density at radius 2 is 1.47 bits per heavy atom. The first-order valence-electron chi connectivity index (χ1n) is 9.88. The molecule has 1 aromatic rings. The van der Waals surface area contributed by atoms with E-state index in [1.807, 2.05) is 7.05 Å². The van der Waals surface area contributed by atoms with Crippen LogP contribution in [0, 0.1) is 11.6 Å². The predicted molar refractivity (Wildman–Crippen MR) is 106 cm³/mol. The highest BCUT2D eigenvalue weighted by Crippen LogP contribution is 2.17. The third-order valence-corrected chi connectivity index (χ3v) is 7.54. The molecule has 2 aliphatic heterocycles. The molecule has 8 nitrogen and oxygen atoms in total. The van der Waals surface area contributed by atoms with Gasteiger partial charge in [-0.05, 0) is 19.2 Å². The Morgan fingerprint density at radius 3 is 2.03 bits per heavy atom. The molecule has 1 amide bonds.